The molecule has 0 bridgehead atoms. The highest BCUT2D eigenvalue weighted by molar-refractivity contribution is 5.95. The molecule has 0 heterocycles. The summed E-state index contributed by atoms with van der Waals surface area (Å²) in [6.45, 7) is 3.92. The Bertz CT molecular complexity index is 460. The average molecular weight is 251 g/mol. The van der Waals surface area contributed by atoms with Crippen molar-refractivity contribution in [2.24, 2.45) is 0 Å². The molecular weight excluding hydrogens is 234 g/mol. The lowest BCUT2D eigenvalue weighted by atomic mass is 10.1. The van der Waals surface area contributed by atoms with Crippen molar-refractivity contribution in [3.05, 3.63) is 33.9 Å². The Hall–Kier alpha value is -2.11. The van der Waals surface area contributed by atoms with Crippen LogP contribution in [0.2, 0.25) is 0 Å². The van der Waals surface area contributed by atoms with Gasteiger partial charge < -0.3 is 11.1 Å². The van der Waals surface area contributed by atoms with E-state index in [0.29, 0.717) is 0 Å². The monoisotopic (exact) mass is 251 g/mol. The van der Waals surface area contributed by atoms with Crippen molar-refractivity contribution < 1.29 is 9.72 Å². The number of carbonyl (C=O) groups excluding carboxylic acids is 1. The molecule has 0 saturated carbocycles. The van der Waals surface area contributed by atoms with E-state index in [9.17, 15) is 14.9 Å². The number of nitrogens with one attached hydrogen (secondary N) is 1. The quantitative estimate of drug-likeness (QED) is 0.475. The summed E-state index contributed by atoms with van der Waals surface area (Å²) in [6, 6.07) is 4.09. The van der Waals surface area contributed by atoms with Crippen LogP contribution < -0.4 is 11.1 Å². The van der Waals surface area contributed by atoms with Crippen molar-refractivity contribution >= 4 is 17.3 Å². The molecular formula is C12H17N3O3. The predicted molar refractivity (Wildman–Crippen MR) is 69.3 cm³/mol. The molecule has 0 aliphatic heterocycles. The lowest BCUT2D eigenvalue weighted by Crippen LogP contribution is -2.32. The highest BCUT2D eigenvalue weighted by Gasteiger charge is 2.16. The summed E-state index contributed by atoms with van der Waals surface area (Å²) < 4.78 is 0. The summed E-state index contributed by atoms with van der Waals surface area (Å²) in [5, 5.41) is 13.5. The van der Waals surface area contributed by atoms with E-state index < -0.39 is 4.92 Å². The van der Waals surface area contributed by atoms with E-state index in [1.54, 1.807) is 0 Å². The van der Waals surface area contributed by atoms with Crippen LogP contribution in [0.15, 0.2) is 18.2 Å². The first kappa shape index (κ1) is 14.0. The first-order chi connectivity index (χ1) is 8.45. The molecule has 0 fully saturated rings. The molecule has 98 valence electrons. The van der Waals surface area contributed by atoms with Crippen LogP contribution in [0.1, 0.15) is 37.0 Å². The SMILES string of the molecule is CCCC(C)NC(=O)c1ccc(N)c([N+](=O)[O-])c1. The first-order valence-electron chi connectivity index (χ1n) is 5.80. The van der Waals surface area contributed by atoms with Crippen LogP contribution in [-0.2, 0) is 0 Å². The van der Waals surface area contributed by atoms with Crippen LogP contribution in [0, 0.1) is 10.1 Å². The Morgan fingerprint density at radius 3 is 2.78 bits per heavy atom. The van der Waals surface area contributed by atoms with E-state index in [4.69, 9.17) is 5.73 Å². The molecule has 0 aliphatic rings. The number of nitrogens with zero attached hydrogens (tertiary/aromatic N) is 1. The molecule has 1 rings (SSSR count). The second kappa shape index (κ2) is 6.00. The van der Waals surface area contributed by atoms with Gasteiger partial charge in [0, 0.05) is 17.7 Å². The number of hydrogen-bond acceptors (Lipinski definition) is 4. The summed E-state index contributed by atoms with van der Waals surface area (Å²) in [5.41, 5.74) is 5.52. The van der Waals surface area contributed by atoms with Crippen molar-refractivity contribution in [3.63, 3.8) is 0 Å². The van der Waals surface area contributed by atoms with Gasteiger partial charge in [-0.15, -0.1) is 0 Å². The number of nitro groups is 1. The third-order valence-corrected chi connectivity index (χ3v) is 2.59. The molecule has 0 spiro atoms. The second-order valence-electron chi connectivity index (χ2n) is 4.19. The number of nitrogens with two attached hydrogens (primary N) is 1. The van der Waals surface area contributed by atoms with Crippen molar-refractivity contribution in [3.8, 4) is 0 Å². The van der Waals surface area contributed by atoms with Crippen LogP contribution in [0.3, 0.4) is 0 Å². The van der Waals surface area contributed by atoms with Gasteiger partial charge in [0.15, 0.2) is 0 Å². The number of benzene rings is 1. The lowest BCUT2D eigenvalue weighted by molar-refractivity contribution is -0.383. The third kappa shape index (κ3) is 3.44. The smallest absolute Gasteiger partial charge is 0.292 e. The fourth-order valence-electron chi connectivity index (χ4n) is 1.66. The van der Waals surface area contributed by atoms with E-state index >= 15 is 0 Å². The highest BCUT2D eigenvalue weighted by atomic mass is 16.6. The Kier molecular flexibility index (Phi) is 4.65. The number of rotatable bonds is 5. The minimum absolute atomic E-state index is 0.0408. The first-order valence-corrected chi connectivity index (χ1v) is 5.80. The minimum atomic E-state index is -0.596. The van der Waals surface area contributed by atoms with Gasteiger partial charge in [-0.1, -0.05) is 13.3 Å². The van der Waals surface area contributed by atoms with Crippen LogP contribution >= 0.6 is 0 Å². The summed E-state index contributed by atoms with van der Waals surface area (Å²) in [6.07, 6.45) is 1.83. The molecule has 1 atom stereocenters. The molecule has 18 heavy (non-hydrogen) atoms. The van der Waals surface area contributed by atoms with Crippen molar-refractivity contribution in [1.29, 1.82) is 0 Å². The van der Waals surface area contributed by atoms with Gasteiger partial charge in [-0.3, -0.25) is 14.9 Å². The molecule has 0 saturated heterocycles. The van der Waals surface area contributed by atoms with E-state index in [2.05, 4.69) is 5.32 Å². The van der Waals surface area contributed by atoms with Gasteiger partial charge in [-0.2, -0.15) is 0 Å². The molecule has 1 unspecified atom stereocenters. The molecule has 1 amide bonds. The molecule has 0 aromatic heterocycles. The molecule has 1 aromatic carbocycles. The van der Waals surface area contributed by atoms with Gasteiger partial charge in [0.2, 0.25) is 0 Å². The Balaban J connectivity index is 2.87. The maximum atomic E-state index is 11.8. The number of hydrogen-bond donors (Lipinski definition) is 2. The average Bonchev–Trinajstić information content (AvgIpc) is 2.29. The Morgan fingerprint density at radius 2 is 2.22 bits per heavy atom. The molecule has 0 aliphatic carbocycles. The molecule has 0 radical (unpaired) electrons. The normalized spacial score (nSPS) is 11.9. The topological polar surface area (TPSA) is 98.3 Å². The molecule has 6 nitrogen and oxygen atoms in total. The van der Waals surface area contributed by atoms with Crippen LogP contribution in [0.5, 0.6) is 0 Å². The van der Waals surface area contributed by atoms with Crippen molar-refractivity contribution in [1.82, 2.24) is 5.32 Å². The van der Waals surface area contributed by atoms with Gasteiger partial charge in [0.05, 0.1) is 4.92 Å². The van der Waals surface area contributed by atoms with Crippen LogP contribution in [-0.4, -0.2) is 16.9 Å². The fourth-order valence-corrected chi connectivity index (χ4v) is 1.66. The van der Waals surface area contributed by atoms with E-state index in [-0.39, 0.29) is 28.9 Å². The molecule has 1 aromatic rings. The number of anilines is 1. The van der Waals surface area contributed by atoms with Crippen molar-refractivity contribution in [2.75, 3.05) is 5.73 Å². The number of nitro benzene ring substituents is 1. The third-order valence-electron chi connectivity index (χ3n) is 2.59. The van der Waals surface area contributed by atoms with Crippen molar-refractivity contribution in [2.45, 2.75) is 32.7 Å². The summed E-state index contributed by atoms with van der Waals surface area (Å²) in [7, 11) is 0. The highest BCUT2D eigenvalue weighted by Crippen LogP contribution is 2.22. The summed E-state index contributed by atoms with van der Waals surface area (Å²) >= 11 is 0. The fraction of sp³-hybridized carbons (Fsp3) is 0.417. The number of amides is 1. The lowest BCUT2D eigenvalue weighted by Gasteiger charge is -2.12. The molecule has 6 heteroatoms. The van der Waals surface area contributed by atoms with Gasteiger partial charge in [0.1, 0.15) is 5.69 Å². The van der Waals surface area contributed by atoms with E-state index in [0.717, 1.165) is 12.8 Å². The zero-order valence-electron chi connectivity index (χ0n) is 10.5. The van der Waals surface area contributed by atoms with E-state index in [1.807, 2.05) is 13.8 Å². The van der Waals surface area contributed by atoms with Crippen LogP contribution in [0.25, 0.3) is 0 Å². The zero-order valence-corrected chi connectivity index (χ0v) is 10.5. The zero-order chi connectivity index (χ0) is 13.7. The van der Waals surface area contributed by atoms with Gasteiger partial charge in [-0.25, -0.2) is 0 Å². The molecule has 3 N–H and O–H groups in total. The second-order valence-corrected chi connectivity index (χ2v) is 4.19. The standard InChI is InChI=1S/C12H17N3O3/c1-3-4-8(2)14-12(16)9-5-6-10(13)11(7-9)15(17)18/h5-8H,3-4,13H2,1-2H3,(H,14,16). The number of carbonyl (C=O) groups is 1. The van der Waals surface area contributed by atoms with Gasteiger partial charge in [-0.05, 0) is 25.5 Å². The maximum Gasteiger partial charge on any atom is 0.292 e. The van der Waals surface area contributed by atoms with E-state index in [1.165, 1.54) is 18.2 Å². The van der Waals surface area contributed by atoms with Gasteiger partial charge in [0.25, 0.3) is 11.6 Å². The maximum absolute atomic E-state index is 11.8. The van der Waals surface area contributed by atoms with Gasteiger partial charge >= 0.3 is 0 Å². The predicted octanol–water partition coefficient (Wildman–Crippen LogP) is 2.10. The Morgan fingerprint density at radius 1 is 1.56 bits per heavy atom. The summed E-state index contributed by atoms with van der Waals surface area (Å²) in [5.74, 6) is -0.320. The Labute approximate surface area is 105 Å². The minimum Gasteiger partial charge on any atom is -0.393 e. The largest absolute Gasteiger partial charge is 0.393 e. The van der Waals surface area contributed by atoms with Crippen LogP contribution in [0.4, 0.5) is 11.4 Å². The number of nitrogen functional groups attached to an aromatic ring is 1. The summed E-state index contributed by atoms with van der Waals surface area (Å²) in [4.78, 5) is 22.0.